The van der Waals surface area contributed by atoms with Gasteiger partial charge in [-0.1, -0.05) is 33.1 Å². The van der Waals surface area contributed by atoms with Crippen LogP contribution in [-0.2, 0) is 4.79 Å². The maximum atomic E-state index is 11.8. The summed E-state index contributed by atoms with van der Waals surface area (Å²) in [5.41, 5.74) is 0. The van der Waals surface area contributed by atoms with Crippen LogP contribution in [0.1, 0.15) is 52.4 Å². The van der Waals surface area contributed by atoms with Gasteiger partial charge in [0.05, 0.1) is 0 Å². The molecular formula is C16H33N3O. The summed E-state index contributed by atoms with van der Waals surface area (Å²) in [6, 6.07) is 0.770. The lowest BCUT2D eigenvalue weighted by Crippen LogP contribution is -2.38. The Morgan fingerprint density at radius 3 is 2.65 bits per heavy atom. The van der Waals surface area contributed by atoms with Gasteiger partial charge in [-0.15, -0.1) is 0 Å². The molecule has 0 aliphatic heterocycles. The molecule has 1 saturated carbocycles. The Labute approximate surface area is 124 Å². The van der Waals surface area contributed by atoms with Gasteiger partial charge in [0.1, 0.15) is 0 Å². The van der Waals surface area contributed by atoms with E-state index < -0.39 is 0 Å². The van der Waals surface area contributed by atoms with Crippen LogP contribution >= 0.6 is 0 Å². The van der Waals surface area contributed by atoms with Crippen LogP contribution in [0.3, 0.4) is 0 Å². The highest BCUT2D eigenvalue weighted by Gasteiger charge is 2.17. The van der Waals surface area contributed by atoms with Gasteiger partial charge in [-0.3, -0.25) is 4.79 Å². The lowest BCUT2D eigenvalue weighted by molar-refractivity contribution is -0.124. The van der Waals surface area contributed by atoms with Gasteiger partial charge in [0.2, 0.25) is 5.91 Å². The van der Waals surface area contributed by atoms with Crippen LogP contribution in [0.2, 0.25) is 0 Å². The fraction of sp³-hybridized carbons (Fsp3) is 0.938. The third-order valence-electron chi connectivity index (χ3n) is 4.33. The van der Waals surface area contributed by atoms with Crippen molar-refractivity contribution in [3.05, 3.63) is 0 Å². The molecule has 1 amide bonds. The Morgan fingerprint density at radius 1 is 1.30 bits per heavy atom. The second kappa shape index (κ2) is 10.2. The minimum Gasteiger partial charge on any atom is -0.356 e. The molecule has 0 aromatic heterocycles. The van der Waals surface area contributed by atoms with Crippen molar-refractivity contribution >= 4 is 5.91 Å². The molecule has 1 fully saturated rings. The topological polar surface area (TPSA) is 44.4 Å². The van der Waals surface area contributed by atoms with Crippen LogP contribution in [-0.4, -0.2) is 50.1 Å². The Hall–Kier alpha value is -0.610. The van der Waals surface area contributed by atoms with Crippen molar-refractivity contribution < 1.29 is 4.79 Å². The lowest BCUT2D eigenvalue weighted by Gasteiger charge is -2.31. The maximum Gasteiger partial charge on any atom is 0.224 e. The first-order valence-electron chi connectivity index (χ1n) is 8.33. The smallest absolute Gasteiger partial charge is 0.224 e. The van der Waals surface area contributed by atoms with Gasteiger partial charge in [0.25, 0.3) is 0 Å². The van der Waals surface area contributed by atoms with Crippen molar-refractivity contribution in [3.8, 4) is 0 Å². The van der Waals surface area contributed by atoms with E-state index in [-0.39, 0.29) is 11.8 Å². The number of nitrogens with one attached hydrogen (secondary N) is 2. The summed E-state index contributed by atoms with van der Waals surface area (Å²) in [5, 5.41) is 6.26. The summed E-state index contributed by atoms with van der Waals surface area (Å²) >= 11 is 0. The largest absolute Gasteiger partial charge is 0.356 e. The van der Waals surface area contributed by atoms with E-state index in [9.17, 15) is 4.79 Å². The zero-order valence-corrected chi connectivity index (χ0v) is 13.6. The zero-order chi connectivity index (χ0) is 14.8. The molecule has 1 aliphatic carbocycles. The predicted molar refractivity (Wildman–Crippen MR) is 84.8 cm³/mol. The molecule has 1 aliphatic rings. The number of amides is 1. The van der Waals surface area contributed by atoms with Crippen LogP contribution in [0, 0.1) is 5.92 Å². The number of hydrogen-bond donors (Lipinski definition) is 2. The molecule has 0 spiro atoms. The molecule has 0 bridgehead atoms. The standard InChI is InChI=1S/C16H33N3O/c1-4-17-13-14(2)16(20)18-11-8-12-19(3)15-9-6-5-7-10-15/h14-15,17H,4-13H2,1-3H3,(H,18,20). The molecular weight excluding hydrogens is 250 g/mol. The van der Waals surface area contributed by atoms with E-state index in [1.807, 2.05) is 6.92 Å². The van der Waals surface area contributed by atoms with Crippen LogP contribution < -0.4 is 10.6 Å². The van der Waals surface area contributed by atoms with E-state index in [0.29, 0.717) is 0 Å². The summed E-state index contributed by atoms with van der Waals surface area (Å²) in [6.45, 7) is 7.62. The minimum absolute atomic E-state index is 0.0611. The zero-order valence-electron chi connectivity index (χ0n) is 13.6. The molecule has 0 saturated heterocycles. The Kier molecular flexibility index (Phi) is 8.86. The predicted octanol–water partition coefficient (Wildman–Crippen LogP) is 2.00. The van der Waals surface area contributed by atoms with Crippen LogP contribution in [0.15, 0.2) is 0 Å². The van der Waals surface area contributed by atoms with Crippen LogP contribution in [0.25, 0.3) is 0 Å². The molecule has 118 valence electrons. The van der Waals surface area contributed by atoms with Crippen molar-refractivity contribution in [2.45, 2.75) is 58.4 Å². The second-order valence-electron chi connectivity index (χ2n) is 6.13. The average molecular weight is 283 g/mol. The van der Waals surface area contributed by atoms with E-state index in [0.717, 1.165) is 38.6 Å². The van der Waals surface area contributed by atoms with E-state index in [1.165, 1.54) is 32.1 Å². The molecule has 0 heterocycles. The number of hydrogen-bond acceptors (Lipinski definition) is 3. The third-order valence-corrected chi connectivity index (χ3v) is 4.33. The van der Waals surface area contributed by atoms with Crippen LogP contribution in [0.4, 0.5) is 0 Å². The van der Waals surface area contributed by atoms with Crippen LogP contribution in [0.5, 0.6) is 0 Å². The van der Waals surface area contributed by atoms with Gasteiger partial charge in [0.15, 0.2) is 0 Å². The molecule has 1 atom stereocenters. The summed E-state index contributed by atoms with van der Waals surface area (Å²) in [4.78, 5) is 14.3. The number of nitrogens with zero attached hydrogens (tertiary/aromatic N) is 1. The molecule has 0 aromatic rings. The molecule has 4 heteroatoms. The fourth-order valence-electron chi connectivity index (χ4n) is 2.87. The number of rotatable bonds is 9. The van der Waals surface area contributed by atoms with Crippen molar-refractivity contribution in [2.75, 3.05) is 33.2 Å². The average Bonchev–Trinajstić information content (AvgIpc) is 2.49. The summed E-state index contributed by atoms with van der Waals surface area (Å²) in [6.07, 6.45) is 7.92. The normalized spacial score (nSPS) is 18.2. The fourth-order valence-corrected chi connectivity index (χ4v) is 2.87. The monoisotopic (exact) mass is 283 g/mol. The Morgan fingerprint density at radius 2 is 2.00 bits per heavy atom. The lowest BCUT2D eigenvalue weighted by atomic mass is 9.94. The van der Waals surface area contributed by atoms with E-state index >= 15 is 0 Å². The van der Waals surface area contributed by atoms with Gasteiger partial charge in [-0.05, 0) is 39.4 Å². The highest BCUT2D eigenvalue weighted by molar-refractivity contribution is 5.78. The molecule has 2 N–H and O–H groups in total. The third kappa shape index (κ3) is 6.71. The molecule has 4 nitrogen and oxygen atoms in total. The van der Waals surface area contributed by atoms with Gasteiger partial charge in [-0.25, -0.2) is 0 Å². The molecule has 20 heavy (non-hydrogen) atoms. The minimum atomic E-state index is 0.0611. The molecule has 1 unspecified atom stereocenters. The first kappa shape index (κ1) is 17.4. The van der Waals surface area contributed by atoms with Crippen molar-refractivity contribution in [2.24, 2.45) is 5.92 Å². The van der Waals surface area contributed by atoms with E-state index in [2.05, 4.69) is 29.5 Å². The second-order valence-corrected chi connectivity index (χ2v) is 6.13. The first-order valence-corrected chi connectivity index (χ1v) is 8.33. The quantitative estimate of drug-likeness (QED) is 0.636. The highest BCUT2D eigenvalue weighted by atomic mass is 16.1. The van der Waals surface area contributed by atoms with Gasteiger partial charge >= 0.3 is 0 Å². The van der Waals surface area contributed by atoms with Crippen molar-refractivity contribution in [3.63, 3.8) is 0 Å². The Balaban J connectivity index is 2.06. The SMILES string of the molecule is CCNCC(C)C(=O)NCCCN(C)C1CCCCC1. The first-order chi connectivity index (χ1) is 9.65. The summed E-state index contributed by atoms with van der Waals surface area (Å²) in [5.74, 6) is 0.234. The summed E-state index contributed by atoms with van der Waals surface area (Å²) in [7, 11) is 2.23. The molecule has 0 radical (unpaired) electrons. The number of carbonyl (C=O) groups excluding carboxylic acids is 1. The maximum absolute atomic E-state index is 11.8. The van der Waals surface area contributed by atoms with E-state index in [4.69, 9.17) is 0 Å². The Bertz CT molecular complexity index is 264. The van der Waals surface area contributed by atoms with Gasteiger partial charge < -0.3 is 15.5 Å². The van der Waals surface area contributed by atoms with E-state index in [1.54, 1.807) is 0 Å². The van der Waals surface area contributed by atoms with Crippen molar-refractivity contribution in [1.82, 2.24) is 15.5 Å². The number of carbonyl (C=O) groups is 1. The molecule has 1 rings (SSSR count). The summed E-state index contributed by atoms with van der Waals surface area (Å²) < 4.78 is 0. The van der Waals surface area contributed by atoms with Gasteiger partial charge in [0, 0.05) is 25.0 Å². The van der Waals surface area contributed by atoms with Crippen molar-refractivity contribution in [1.29, 1.82) is 0 Å². The van der Waals surface area contributed by atoms with Gasteiger partial charge in [-0.2, -0.15) is 0 Å². The molecule has 0 aromatic carbocycles. The highest BCUT2D eigenvalue weighted by Crippen LogP contribution is 2.21.